The number of aromatic nitrogens is 2. The van der Waals surface area contributed by atoms with Gasteiger partial charge in [0.1, 0.15) is 6.54 Å². The van der Waals surface area contributed by atoms with Crippen LogP contribution in [-0.4, -0.2) is 22.5 Å². The minimum absolute atomic E-state index is 0. The van der Waals surface area contributed by atoms with Crippen molar-refractivity contribution in [3.63, 3.8) is 0 Å². The molecule has 0 aliphatic carbocycles. The van der Waals surface area contributed by atoms with Gasteiger partial charge in [-0.2, -0.15) is 18.3 Å². The number of halogens is 4. The molecule has 0 bridgehead atoms. The molecule has 1 aromatic rings. The zero-order valence-electron chi connectivity index (χ0n) is 10.3. The molecule has 0 saturated heterocycles. The molecule has 1 rings (SSSR count). The third-order valence-electron chi connectivity index (χ3n) is 2.40. The highest BCUT2D eigenvalue weighted by molar-refractivity contribution is 5.85. The molecule has 1 aromatic heterocycles. The van der Waals surface area contributed by atoms with Crippen LogP contribution in [0.15, 0.2) is 12.3 Å². The number of hydrogen-bond donors (Lipinski definition) is 1. The number of nitrogens with zero attached hydrogens (tertiary/aromatic N) is 2. The minimum Gasteiger partial charge on any atom is -0.311 e. The molecule has 106 valence electrons. The molecule has 0 saturated carbocycles. The third kappa shape index (κ3) is 6.86. The summed E-state index contributed by atoms with van der Waals surface area (Å²) in [7, 11) is 0. The average molecular weight is 286 g/mol. The Kier molecular flexibility index (Phi) is 8.02. The highest BCUT2D eigenvalue weighted by atomic mass is 35.5. The second kappa shape index (κ2) is 8.37. The zero-order chi connectivity index (χ0) is 12.7. The summed E-state index contributed by atoms with van der Waals surface area (Å²) in [4.78, 5) is 0. The van der Waals surface area contributed by atoms with Gasteiger partial charge in [-0.15, -0.1) is 12.4 Å². The van der Waals surface area contributed by atoms with E-state index < -0.39 is 12.7 Å². The predicted octanol–water partition coefficient (Wildman–Crippen LogP) is 3.15. The van der Waals surface area contributed by atoms with E-state index in [4.69, 9.17) is 0 Å². The summed E-state index contributed by atoms with van der Waals surface area (Å²) in [5, 5.41) is 6.79. The van der Waals surface area contributed by atoms with Gasteiger partial charge in [-0.25, -0.2) is 0 Å². The van der Waals surface area contributed by atoms with Gasteiger partial charge in [-0.1, -0.05) is 19.8 Å². The summed E-state index contributed by atoms with van der Waals surface area (Å²) in [6.07, 6.45) is 0.490. The van der Waals surface area contributed by atoms with E-state index in [0.29, 0.717) is 12.2 Å². The fraction of sp³-hybridized carbons (Fsp3) is 0.727. The van der Waals surface area contributed by atoms with Crippen molar-refractivity contribution in [3.8, 4) is 0 Å². The third-order valence-corrected chi connectivity index (χ3v) is 2.40. The summed E-state index contributed by atoms with van der Waals surface area (Å²) < 4.78 is 37.6. The fourth-order valence-electron chi connectivity index (χ4n) is 1.54. The Morgan fingerprint density at radius 2 is 2.06 bits per heavy atom. The summed E-state index contributed by atoms with van der Waals surface area (Å²) in [5.74, 6) is 0. The fourth-order valence-corrected chi connectivity index (χ4v) is 1.54. The van der Waals surface area contributed by atoms with Crippen molar-refractivity contribution in [3.05, 3.63) is 18.0 Å². The Morgan fingerprint density at radius 1 is 1.33 bits per heavy atom. The lowest BCUT2D eigenvalue weighted by Gasteiger charge is -2.10. The van der Waals surface area contributed by atoms with Crippen molar-refractivity contribution >= 4 is 12.4 Å². The molecule has 18 heavy (non-hydrogen) atoms. The molecule has 7 heteroatoms. The van der Waals surface area contributed by atoms with Gasteiger partial charge >= 0.3 is 6.18 Å². The molecule has 0 spiro atoms. The molecule has 0 unspecified atom stereocenters. The van der Waals surface area contributed by atoms with Crippen molar-refractivity contribution in [2.24, 2.45) is 0 Å². The van der Waals surface area contributed by atoms with Crippen molar-refractivity contribution in [1.29, 1.82) is 0 Å². The van der Waals surface area contributed by atoms with Gasteiger partial charge in [0.25, 0.3) is 0 Å². The second-order valence-electron chi connectivity index (χ2n) is 3.98. The van der Waals surface area contributed by atoms with Gasteiger partial charge < -0.3 is 5.32 Å². The van der Waals surface area contributed by atoms with Crippen molar-refractivity contribution < 1.29 is 13.2 Å². The number of alkyl halides is 3. The quantitative estimate of drug-likeness (QED) is 0.780. The highest BCUT2D eigenvalue weighted by Crippen LogP contribution is 2.17. The normalized spacial score (nSPS) is 11.3. The first-order valence-electron chi connectivity index (χ1n) is 5.81. The van der Waals surface area contributed by atoms with E-state index in [0.717, 1.165) is 30.5 Å². The van der Waals surface area contributed by atoms with Crippen LogP contribution in [0.4, 0.5) is 13.2 Å². The Balaban J connectivity index is 0.00000289. The van der Waals surface area contributed by atoms with Crippen LogP contribution in [-0.2, 0) is 13.1 Å². The predicted molar refractivity (Wildman–Crippen MR) is 66.8 cm³/mol. The van der Waals surface area contributed by atoms with Gasteiger partial charge in [-0.05, 0) is 19.0 Å². The first-order chi connectivity index (χ1) is 8.03. The standard InChI is InChI=1S/C11H18F3N3.ClH/c1-2-3-4-6-15-8-10-5-7-16-17(10)9-11(12,13)14;/h5,7,15H,2-4,6,8-9H2,1H3;1H. The molecular weight excluding hydrogens is 267 g/mol. The largest absolute Gasteiger partial charge is 0.408 e. The molecule has 0 radical (unpaired) electrons. The summed E-state index contributed by atoms with van der Waals surface area (Å²) >= 11 is 0. The Labute approximate surface area is 111 Å². The molecule has 0 amide bonds. The molecule has 0 aliphatic heterocycles. The monoisotopic (exact) mass is 285 g/mol. The van der Waals surface area contributed by atoms with Crippen molar-refractivity contribution in [1.82, 2.24) is 15.1 Å². The van der Waals surface area contributed by atoms with E-state index in [2.05, 4.69) is 17.3 Å². The maximum absolute atomic E-state index is 12.2. The average Bonchev–Trinajstić information content (AvgIpc) is 2.63. The summed E-state index contributed by atoms with van der Waals surface area (Å²) in [6, 6.07) is 1.61. The molecule has 1 heterocycles. The molecule has 0 aromatic carbocycles. The first-order valence-corrected chi connectivity index (χ1v) is 5.81. The molecule has 0 atom stereocenters. The lowest BCUT2D eigenvalue weighted by atomic mass is 10.2. The lowest BCUT2D eigenvalue weighted by molar-refractivity contribution is -0.143. The van der Waals surface area contributed by atoms with Crippen LogP contribution in [0.2, 0.25) is 0 Å². The van der Waals surface area contributed by atoms with Gasteiger partial charge in [0.2, 0.25) is 0 Å². The topological polar surface area (TPSA) is 29.9 Å². The minimum atomic E-state index is -4.22. The lowest BCUT2D eigenvalue weighted by Crippen LogP contribution is -2.23. The van der Waals surface area contributed by atoms with Gasteiger partial charge in [-0.3, -0.25) is 4.68 Å². The smallest absolute Gasteiger partial charge is 0.311 e. The van der Waals surface area contributed by atoms with Gasteiger partial charge in [0.15, 0.2) is 0 Å². The first kappa shape index (κ1) is 17.2. The summed E-state index contributed by atoms with van der Waals surface area (Å²) in [5.41, 5.74) is 0.568. The van der Waals surface area contributed by atoms with Crippen LogP contribution in [0.5, 0.6) is 0 Å². The van der Waals surface area contributed by atoms with E-state index >= 15 is 0 Å². The molecule has 1 N–H and O–H groups in total. The van der Waals surface area contributed by atoms with E-state index in [-0.39, 0.29) is 12.4 Å². The number of unbranched alkanes of at least 4 members (excludes halogenated alkanes) is 2. The Morgan fingerprint density at radius 3 is 2.67 bits per heavy atom. The van der Waals surface area contributed by atoms with Crippen molar-refractivity contribution in [2.45, 2.75) is 45.5 Å². The number of rotatable bonds is 7. The number of hydrogen-bond acceptors (Lipinski definition) is 2. The van der Waals surface area contributed by atoms with Crippen LogP contribution >= 0.6 is 12.4 Å². The maximum atomic E-state index is 12.2. The van der Waals surface area contributed by atoms with E-state index in [1.807, 2.05) is 0 Å². The van der Waals surface area contributed by atoms with Crippen molar-refractivity contribution in [2.75, 3.05) is 6.54 Å². The Bertz CT molecular complexity index is 326. The van der Waals surface area contributed by atoms with E-state index in [1.165, 1.54) is 6.20 Å². The van der Waals surface area contributed by atoms with Crippen LogP contribution in [0.25, 0.3) is 0 Å². The molecule has 3 nitrogen and oxygen atoms in total. The van der Waals surface area contributed by atoms with E-state index in [9.17, 15) is 13.2 Å². The number of nitrogens with one attached hydrogen (secondary N) is 1. The maximum Gasteiger partial charge on any atom is 0.408 e. The van der Waals surface area contributed by atoms with Crippen LogP contribution < -0.4 is 5.32 Å². The summed E-state index contributed by atoms with van der Waals surface area (Å²) in [6.45, 7) is 2.34. The van der Waals surface area contributed by atoms with E-state index in [1.54, 1.807) is 6.07 Å². The van der Waals surface area contributed by atoms with Gasteiger partial charge in [0.05, 0.1) is 5.69 Å². The molecular formula is C11H19ClF3N3. The Hall–Kier alpha value is -0.750. The second-order valence-corrected chi connectivity index (χ2v) is 3.98. The van der Waals surface area contributed by atoms with Crippen LogP contribution in [0, 0.1) is 0 Å². The van der Waals surface area contributed by atoms with Gasteiger partial charge in [0, 0.05) is 12.7 Å². The van der Waals surface area contributed by atoms with Crippen LogP contribution in [0.3, 0.4) is 0 Å². The molecule has 0 aliphatic rings. The molecule has 0 fully saturated rings. The SMILES string of the molecule is CCCCCNCc1ccnn1CC(F)(F)F.Cl. The highest BCUT2D eigenvalue weighted by Gasteiger charge is 2.29. The van der Waals surface area contributed by atoms with Crippen LogP contribution in [0.1, 0.15) is 31.9 Å². The zero-order valence-corrected chi connectivity index (χ0v) is 11.2.